The summed E-state index contributed by atoms with van der Waals surface area (Å²) in [6.45, 7) is 9.37. The van der Waals surface area contributed by atoms with E-state index >= 15 is 0 Å². The Bertz CT molecular complexity index is 646. The molecule has 2 heteroatoms. The van der Waals surface area contributed by atoms with Crippen molar-refractivity contribution in [3.63, 3.8) is 0 Å². The van der Waals surface area contributed by atoms with Gasteiger partial charge in [0.2, 0.25) is 0 Å². The normalized spacial score (nSPS) is 12.2. The van der Waals surface area contributed by atoms with Crippen molar-refractivity contribution in [2.24, 2.45) is 11.0 Å². The van der Waals surface area contributed by atoms with Gasteiger partial charge in [-0.2, -0.15) is 5.10 Å². The van der Waals surface area contributed by atoms with Crippen molar-refractivity contribution in [1.82, 2.24) is 0 Å². The van der Waals surface area contributed by atoms with Crippen LogP contribution in [-0.2, 0) is 0 Å². The van der Waals surface area contributed by atoms with E-state index in [2.05, 4.69) is 61.8 Å². The molecule has 0 aromatic heterocycles. The molecule has 0 spiro atoms. The molecule has 0 bridgehead atoms. The highest BCUT2D eigenvalue weighted by Gasteiger charge is 2.08. The molecule has 0 heterocycles. The molecular weight excluding hydrogens is 304 g/mol. The molecule has 0 fully saturated rings. The molecule has 2 rings (SSSR count). The van der Waals surface area contributed by atoms with Crippen LogP contribution in [0.1, 0.15) is 45.1 Å². The van der Waals surface area contributed by atoms with Gasteiger partial charge in [0.15, 0.2) is 0 Å². The number of nitrogens with zero attached hydrogens (tertiary/aromatic N) is 2. The van der Waals surface area contributed by atoms with Crippen LogP contribution in [0, 0.1) is 5.92 Å². The van der Waals surface area contributed by atoms with Crippen LogP contribution < -0.4 is 5.01 Å². The lowest BCUT2D eigenvalue weighted by molar-refractivity contribution is 0.474. The van der Waals surface area contributed by atoms with Crippen LogP contribution in [0.4, 0.5) is 5.69 Å². The van der Waals surface area contributed by atoms with E-state index < -0.39 is 0 Å². The number of anilines is 1. The van der Waals surface area contributed by atoms with E-state index in [-0.39, 0.29) is 0 Å². The average molecular weight is 335 g/mol. The molecule has 0 saturated carbocycles. The zero-order valence-corrected chi connectivity index (χ0v) is 15.6. The van der Waals surface area contributed by atoms with Crippen molar-refractivity contribution < 1.29 is 0 Å². The fourth-order valence-electron chi connectivity index (χ4n) is 2.77. The third kappa shape index (κ3) is 7.38. The summed E-state index contributed by atoms with van der Waals surface area (Å²) < 4.78 is 0. The van der Waals surface area contributed by atoms with E-state index in [9.17, 15) is 0 Å². The first-order valence-electron chi connectivity index (χ1n) is 9.21. The predicted molar refractivity (Wildman–Crippen MR) is 110 cm³/mol. The highest BCUT2D eigenvalue weighted by molar-refractivity contribution is 5.80. The summed E-state index contributed by atoms with van der Waals surface area (Å²) in [6.07, 6.45) is 6.70. The van der Waals surface area contributed by atoms with E-state index in [4.69, 9.17) is 5.10 Å². The topological polar surface area (TPSA) is 15.6 Å². The van der Waals surface area contributed by atoms with Crippen LogP contribution in [0.3, 0.4) is 0 Å². The van der Waals surface area contributed by atoms with Gasteiger partial charge in [-0.3, -0.25) is 5.01 Å². The Kier molecular flexibility index (Phi) is 7.97. The number of allylic oxidation sites excluding steroid dienone is 1. The summed E-state index contributed by atoms with van der Waals surface area (Å²) >= 11 is 0. The first kappa shape index (κ1) is 19.0. The Hall–Kier alpha value is -2.35. The van der Waals surface area contributed by atoms with E-state index in [1.54, 1.807) is 0 Å². The van der Waals surface area contributed by atoms with Crippen molar-refractivity contribution in [2.75, 3.05) is 11.6 Å². The number of rotatable bonds is 10. The molecule has 0 aliphatic heterocycles. The van der Waals surface area contributed by atoms with Gasteiger partial charge in [0.25, 0.3) is 0 Å². The van der Waals surface area contributed by atoms with Crippen molar-refractivity contribution in [2.45, 2.75) is 39.5 Å². The first-order valence-corrected chi connectivity index (χ1v) is 9.21. The summed E-state index contributed by atoms with van der Waals surface area (Å²) in [4.78, 5) is 0. The standard InChI is InChI=1S/C23H30N2/c1-20(2)11-10-12-21(3)17-18-25(23-15-8-5-9-16-23)24-19-22-13-6-4-7-14-22/h4-9,13-16,19,21H,1,10-12,17-18H2,2-3H3/b24-19-/t21-/m1/s1. The van der Waals surface area contributed by atoms with E-state index in [0.29, 0.717) is 5.92 Å². The van der Waals surface area contributed by atoms with Crippen LogP contribution in [0.2, 0.25) is 0 Å². The van der Waals surface area contributed by atoms with Gasteiger partial charge in [0.1, 0.15) is 0 Å². The van der Waals surface area contributed by atoms with E-state index in [1.165, 1.54) is 18.4 Å². The molecule has 132 valence electrons. The molecule has 25 heavy (non-hydrogen) atoms. The Morgan fingerprint density at radius 3 is 2.32 bits per heavy atom. The highest BCUT2D eigenvalue weighted by Crippen LogP contribution is 2.19. The van der Waals surface area contributed by atoms with Gasteiger partial charge in [-0.15, -0.1) is 6.58 Å². The minimum absolute atomic E-state index is 0.692. The summed E-state index contributed by atoms with van der Waals surface area (Å²) in [5.74, 6) is 0.692. The molecule has 2 nitrogen and oxygen atoms in total. The summed E-state index contributed by atoms with van der Waals surface area (Å²) in [7, 11) is 0. The number of benzene rings is 2. The predicted octanol–water partition coefficient (Wildman–Crippen LogP) is 6.30. The smallest absolute Gasteiger partial charge is 0.0593 e. The van der Waals surface area contributed by atoms with Gasteiger partial charge in [-0.1, -0.05) is 67.4 Å². The maximum atomic E-state index is 4.74. The van der Waals surface area contributed by atoms with Gasteiger partial charge < -0.3 is 0 Å². The maximum Gasteiger partial charge on any atom is 0.0593 e. The maximum absolute atomic E-state index is 4.74. The van der Waals surface area contributed by atoms with Gasteiger partial charge in [0, 0.05) is 6.54 Å². The summed E-state index contributed by atoms with van der Waals surface area (Å²) in [5, 5.41) is 6.85. The lowest BCUT2D eigenvalue weighted by Gasteiger charge is -2.21. The monoisotopic (exact) mass is 334 g/mol. The largest absolute Gasteiger partial charge is 0.266 e. The lowest BCUT2D eigenvalue weighted by atomic mass is 9.99. The molecule has 0 amide bonds. The molecule has 0 unspecified atom stereocenters. The second-order valence-electron chi connectivity index (χ2n) is 6.86. The molecule has 2 aromatic rings. The van der Waals surface area contributed by atoms with Crippen molar-refractivity contribution in [3.05, 3.63) is 78.4 Å². The van der Waals surface area contributed by atoms with Crippen LogP contribution in [-0.4, -0.2) is 12.8 Å². The number of para-hydroxylation sites is 1. The first-order chi connectivity index (χ1) is 12.1. The molecular formula is C23H30N2. The van der Waals surface area contributed by atoms with Gasteiger partial charge >= 0.3 is 0 Å². The molecule has 0 N–H and O–H groups in total. The van der Waals surface area contributed by atoms with Gasteiger partial charge in [-0.05, 0) is 49.8 Å². The number of hydrogen-bond acceptors (Lipinski definition) is 2. The second-order valence-corrected chi connectivity index (χ2v) is 6.86. The van der Waals surface area contributed by atoms with Crippen LogP contribution >= 0.6 is 0 Å². The fraction of sp³-hybridized carbons (Fsp3) is 0.348. The third-order valence-electron chi connectivity index (χ3n) is 4.33. The Balaban J connectivity index is 1.95. The molecule has 0 aliphatic carbocycles. The zero-order valence-electron chi connectivity index (χ0n) is 15.6. The van der Waals surface area contributed by atoms with Crippen LogP contribution in [0.5, 0.6) is 0 Å². The molecule has 1 atom stereocenters. The quantitative estimate of drug-likeness (QED) is 0.283. The van der Waals surface area contributed by atoms with Crippen LogP contribution in [0.15, 0.2) is 77.9 Å². The van der Waals surface area contributed by atoms with Crippen LogP contribution in [0.25, 0.3) is 0 Å². The minimum Gasteiger partial charge on any atom is -0.266 e. The van der Waals surface area contributed by atoms with Crippen molar-refractivity contribution >= 4 is 11.9 Å². The minimum atomic E-state index is 0.692. The van der Waals surface area contributed by atoms with Crippen molar-refractivity contribution in [1.29, 1.82) is 0 Å². The highest BCUT2D eigenvalue weighted by atomic mass is 15.4. The third-order valence-corrected chi connectivity index (χ3v) is 4.33. The van der Waals surface area contributed by atoms with E-state index in [0.717, 1.165) is 30.6 Å². The average Bonchev–Trinajstić information content (AvgIpc) is 2.63. The second kappa shape index (κ2) is 10.5. The van der Waals surface area contributed by atoms with Crippen molar-refractivity contribution in [3.8, 4) is 0 Å². The molecule has 0 radical (unpaired) electrons. The van der Waals surface area contributed by atoms with Gasteiger partial charge in [-0.25, -0.2) is 0 Å². The summed E-state index contributed by atoms with van der Waals surface area (Å²) in [6, 6.07) is 20.7. The number of hydrogen-bond donors (Lipinski definition) is 0. The molecule has 0 aliphatic rings. The molecule has 0 saturated heterocycles. The Morgan fingerprint density at radius 2 is 1.68 bits per heavy atom. The number of hydrazone groups is 1. The SMILES string of the molecule is C=C(C)CCC[C@@H](C)CCN(/N=C\c1ccccc1)c1ccccc1. The molecule has 2 aromatic carbocycles. The Labute approximate surface area is 152 Å². The zero-order chi connectivity index (χ0) is 17.9. The Morgan fingerprint density at radius 1 is 1.04 bits per heavy atom. The fourth-order valence-corrected chi connectivity index (χ4v) is 2.77. The summed E-state index contributed by atoms with van der Waals surface area (Å²) in [5.41, 5.74) is 3.55. The lowest BCUT2D eigenvalue weighted by Crippen LogP contribution is -2.20. The van der Waals surface area contributed by atoms with E-state index in [1.807, 2.05) is 30.5 Å². The van der Waals surface area contributed by atoms with Gasteiger partial charge in [0.05, 0.1) is 11.9 Å².